The van der Waals surface area contributed by atoms with Crippen LogP contribution in [0.3, 0.4) is 0 Å². The molecule has 2 aliphatic heterocycles. The summed E-state index contributed by atoms with van der Waals surface area (Å²) in [4.78, 5) is 11.5. The van der Waals surface area contributed by atoms with Gasteiger partial charge in [0.05, 0.1) is 18.1 Å². The summed E-state index contributed by atoms with van der Waals surface area (Å²) >= 11 is 0. The van der Waals surface area contributed by atoms with Crippen molar-refractivity contribution in [1.82, 2.24) is 0 Å². The summed E-state index contributed by atoms with van der Waals surface area (Å²) in [7, 11) is -1.84. The minimum absolute atomic E-state index is 0.0841. The number of ether oxygens (including phenoxy) is 2. The molecule has 0 radical (unpaired) electrons. The zero-order valence-electron chi connectivity index (χ0n) is 8.94. The first-order valence-electron chi connectivity index (χ1n) is 4.80. The fourth-order valence-electron chi connectivity index (χ4n) is 2.47. The van der Waals surface area contributed by atoms with E-state index in [1.54, 1.807) is 13.8 Å². The first-order valence-corrected chi connectivity index (χ1v) is 6.52. The van der Waals surface area contributed by atoms with E-state index in [9.17, 15) is 13.2 Å². The summed E-state index contributed by atoms with van der Waals surface area (Å²) in [5.41, 5.74) is -1.93. The second kappa shape index (κ2) is 2.74. The quantitative estimate of drug-likeness (QED) is 0.467. The number of methoxy groups -OCH3 is 1. The molecule has 6 heteroatoms. The Morgan fingerprint density at radius 3 is 2.53 bits per heavy atom. The highest BCUT2D eigenvalue weighted by Gasteiger charge is 2.78. The number of carbonyl (C=O) groups is 1. The van der Waals surface area contributed by atoms with Gasteiger partial charge in [-0.3, -0.25) is 0 Å². The molecule has 2 fully saturated rings. The summed E-state index contributed by atoms with van der Waals surface area (Å²) in [6, 6.07) is 0. The lowest BCUT2D eigenvalue weighted by Crippen LogP contribution is -2.38. The van der Waals surface area contributed by atoms with Gasteiger partial charge in [-0.05, 0) is 20.3 Å². The molecule has 3 unspecified atom stereocenters. The molecule has 15 heavy (non-hydrogen) atoms. The van der Waals surface area contributed by atoms with Gasteiger partial charge in [0.25, 0.3) is 0 Å². The average Bonchev–Trinajstić information content (AvgIpc) is 2.75. The van der Waals surface area contributed by atoms with Crippen LogP contribution >= 0.6 is 0 Å². The van der Waals surface area contributed by atoms with Crippen LogP contribution in [0.4, 0.5) is 0 Å². The van der Waals surface area contributed by atoms with E-state index in [1.165, 1.54) is 7.11 Å². The number of hydrogen-bond acceptors (Lipinski definition) is 5. The van der Waals surface area contributed by atoms with Gasteiger partial charge in [0.15, 0.2) is 15.4 Å². The van der Waals surface area contributed by atoms with Gasteiger partial charge >= 0.3 is 5.97 Å². The molecular weight excluding hydrogens is 220 g/mol. The smallest absolute Gasteiger partial charge is 0.340 e. The van der Waals surface area contributed by atoms with E-state index in [0.29, 0.717) is 6.42 Å². The molecule has 0 saturated carbocycles. The molecule has 0 bridgehead atoms. The molecular formula is C9H14O5S. The maximum atomic E-state index is 11.6. The van der Waals surface area contributed by atoms with Gasteiger partial charge in [-0.25, -0.2) is 13.2 Å². The topological polar surface area (TPSA) is 73.0 Å². The monoisotopic (exact) mass is 234 g/mol. The summed E-state index contributed by atoms with van der Waals surface area (Å²) < 4.78 is 33.2. The second-order valence-corrected chi connectivity index (χ2v) is 6.72. The Morgan fingerprint density at radius 1 is 1.53 bits per heavy atom. The summed E-state index contributed by atoms with van der Waals surface area (Å²) in [5, 5.41) is -0.630. The molecule has 2 saturated heterocycles. The van der Waals surface area contributed by atoms with E-state index in [-0.39, 0.29) is 5.75 Å². The molecule has 86 valence electrons. The highest BCUT2D eigenvalue weighted by molar-refractivity contribution is 7.92. The van der Waals surface area contributed by atoms with Crippen LogP contribution < -0.4 is 0 Å². The molecule has 0 aliphatic carbocycles. The SMILES string of the molecule is COC(=O)C1(C)OC12CCS(=O)(=O)C2C. The Labute approximate surface area is 88.7 Å². The number of carbonyl (C=O) groups excluding carboxylic acids is 1. The minimum Gasteiger partial charge on any atom is -0.467 e. The normalized spacial score (nSPS) is 46.7. The molecule has 0 N–H and O–H groups in total. The first-order chi connectivity index (χ1) is 6.80. The maximum absolute atomic E-state index is 11.6. The Morgan fingerprint density at radius 2 is 2.13 bits per heavy atom. The fourth-order valence-corrected chi connectivity index (χ4v) is 4.38. The fraction of sp³-hybridized carbons (Fsp3) is 0.889. The van der Waals surface area contributed by atoms with Gasteiger partial charge in [0.1, 0.15) is 5.60 Å². The van der Waals surface area contributed by atoms with Gasteiger partial charge < -0.3 is 9.47 Å². The summed E-state index contributed by atoms with van der Waals surface area (Å²) in [6.07, 6.45) is 0.377. The van der Waals surface area contributed by atoms with Gasteiger partial charge in [-0.15, -0.1) is 0 Å². The van der Waals surface area contributed by atoms with Gasteiger partial charge in [-0.1, -0.05) is 0 Å². The van der Waals surface area contributed by atoms with Crippen molar-refractivity contribution in [3.63, 3.8) is 0 Å². The highest BCUT2D eigenvalue weighted by Crippen LogP contribution is 2.58. The summed E-state index contributed by atoms with van der Waals surface area (Å²) in [5.74, 6) is -0.410. The van der Waals surface area contributed by atoms with Crippen molar-refractivity contribution in [3.8, 4) is 0 Å². The van der Waals surface area contributed by atoms with E-state index < -0.39 is 32.3 Å². The molecule has 5 nitrogen and oxygen atoms in total. The minimum atomic E-state index is -3.12. The lowest BCUT2D eigenvalue weighted by atomic mass is 9.89. The highest BCUT2D eigenvalue weighted by atomic mass is 32.2. The molecule has 0 aromatic heterocycles. The maximum Gasteiger partial charge on any atom is 0.340 e. The third kappa shape index (κ3) is 1.12. The number of esters is 1. The molecule has 2 rings (SSSR count). The van der Waals surface area contributed by atoms with E-state index in [2.05, 4.69) is 4.74 Å². The lowest BCUT2D eigenvalue weighted by molar-refractivity contribution is -0.146. The van der Waals surface area contributed by atoms with E-state index in [4.69, 9.17) is 4.74 Å². The lowest BCUT2D eigenvalue weighted by Gasteiger charge is -2.12. The first kappa shape index (κ1) is 10.9. The Hall–Kier alpha value is -0.620. The van der Waals surface area contributed by atoms with E-state index in [0.717, 1.165) is 0 Å². The predicted octanol–water partition coefficient (Wildman–Crippen LogP) is -0.106. The molecule has 0 amide bonds. The van der Waals surface area contributed by atoms with Crippen molar-refractivity contribution in [2.75, 3.05) is 12.9 Å². The second-order valence-electron chi connectivity index (χ2n) is 4.28. The average molecular weight is 234 g/mol. The molecule has 3 atom stereocenters. The Bertz CT molecular complexity index is 414. The molecule has 0 aromatic carbocycles. The van der Waals surface area contributed by atoms with E-state index in [1.807, 2.05) is 0 Å². The van der Waals surface area contributed by atoms with Crippen LogP contribution in [-0.2, 0) is 24.1 Å². The van der Waals surface area contributed by atoms with Crippen molar-refractivity contribution >= 4 is 15.8 Å². The van der Waals surface area contributed by atoms with Crippen LogP contribution in [-0.4, -0.2) is 43.7 Å². The van der Waals surface area contributed by atoms with Crippen LogP contribution in [0.1, 0.15) is 20.3 Å². The number of hydrogen-bond donors (Lipinski definition) is 0. The van der Waals surface area contributed by atoms with Crippen LogP contribution in [0.2, 0.25) is 0 Å². The van der Waals surface area contributed by atoms with Gasteiger partial charge in [0.2, 0.25) is 0 Å². The molecule has 1 spiro atoms. The van der Waals surface area contributed by atoms with Crippen LogP contribution in [0.15, 0.2) is 0 Å². The predicted molar refractivity (Wildman–Crippen MR) is 52.1 cm³/mol. The summed E-state index contributed by atoms with van der Waals surface area (Å²) in [6.45, 7) is 3.19. The number of epoxide rings is 1. The molecule has 2 aliphatic rings. The third-order valence-electron chi connectivity index (χ3n) is 3.68. The number of rotatable bonds is 1. The third-order valence-corrected chi connectivity index (χ3v) is 5.91. The van der Waals surface area contributed by atoms with Gasteiger partial charge in [0, 0.05) is 0 Å². The number of sulfone groups is 1. The van der Waals surface area contributed by atoms with Crippen LogP contribution in [0.25, 0.3) is 0 Å². The van der Waals surface area contributed by atoms with Crippen molar-refractivity contribution in [3.05, 3.63) is 0 Å². The Kier molecular flexibility index (Phi) is 1.98. The zero-order valence-corrected chi connectivity index (χ0v) is 9.76. The van der Waals surface area contributed by atoms with E-state index >= 15 is 0 Å². The van der Waals surface area contributed by atoms with Gasteiger partial charge in [-0.2, -0.15) is 0 Å². The Balaban J connectivity index is 2.33. The van der Waals surface area contributed by atoms with Crippen molar-refractivity contribution in [2.24, 2.45) is 0 Å². The zero-order chi connectivity index (χ0) is 11.5. The standard InChI is InChI=1S/C9H14O5S/c1-6-9(4-5-15(6,11)12)8(2,14-9)7(10)13-3/h6H,4-5H2,1-3H3. The molecule has 2 heterocycles. The van der Waals surface area contributed by atoms with Crippen molar-refractivity contribution in [1.29, 1.82) is 0 Å². The van der Waals surface area contributed by atoms with Crippen molar-refractivity contribution in [2.45, 2.75) is 36.7 Å². The van der Waals surface area contributed by atoms with Crippen molar-refractivity contribution < 1.29 is 22.7 Å². The molecule has 0 aromatic rings. The largest absolute Gasteiger partial charge is 0.467 e. The van der Waals surface area contributed by atoms with Crippen LogP contribution in [0.5, 0.6) is 0 Å². The van der Waals surface area contributed by atoms with Crippen LogP contribution in [0, 0.1) is 0 Å².